The molecule has 2 aromatic rings. The average Bonchev–Trinajstić information content (AvgIpc) is 2.34. The molecule has 1 nitrogen and oxygen atoms in total. The van der Waals surface area contributed by atoms with Gasteiger partial charge in [0.2, 0.25) is 0 Å². The van der Waals surface area contributed by atoms with Crippen LogP contribution in [0.25, 0.3) is 0 Å². The van der Waals surface area contributed by atoms with Gasteiger partial charge in [-0.2, -0.15) is 0 Å². The number of rotatable bonds is 4. The average molecular weight is 264 g/mol. The third-order valence-electron chi connectivity index (χ3n) is 2.51. The quantitative estimate of drug-likeness (QED) is 0.659. The van der Waals surface area contributed by atoms with Crippen LogP contribution in [0, 0.1) is 0 Å². The molecule has 0 unspecified atom stereocenters. The monoisotopic (exact) mass is 263 g/mol. The highest BCUT2D eigenvalue weighted by atomic mass is 35.5. The number of nitrogen functional groups attached to an aromatic ring is 1. The van der Waals surface area contributed by atoms with Gasteiger partial charge in [0.1, 0.15) is 0 Å². The molecule has 0 bridgehead atoms. The maximum Gasteiger partial charge on any atom is 0.0406 e. The first-order chi connectivity index (χ1) is 8.25. The summed E-state index contributed by atoms with van der Waals surface area (Å²) in [7, 11) is 0. The maximum absolute atomic E-state index is 5.89. The van der Waals surface area contributed by atoms with Crippen LogP contribution in [0.15, 0.2) is 53.4 Å². The molecule has 0 radical (unpaired) electrons. The minimum Gasteiger partial charge on any atom is -0.399 e. The van der Waals surface area contributed by atoms with Gasteiger partial charge in [-0.25, -0.2) is 0 Å². The van der Waals surface area contributed by atoms with Crippen molar-refractivity contribution in [3.63, 3.8) is 0 Å². The zero-order valence-corrected chi connectivity index (χ0v) is 11.0. The van der Waals surface area contributed by atoms with Crippen molar-refractivity contribution < 1.29 is 0 Å². The molecule has 0 fully saturated rings. The number of halogens is 1. The summed E-state index contributed by atoms with van der Waals surface area (Å²) in [5, 5.41) is 0.779. The molecule has 2 N–H and O–H groups in total. The Morgan fingerprint density at radius 3 is 2.41 bits per heavy atom. The Balaban J connectivity index is 1.88. The molecular weight excluding hydrogens is 250 g/mol. The van der Waals surface area contributed by atoms with Crippen LogP contribution >= 0.6 is 23.4 Å². The molecule has 3 heteroatoms. The molecule has 88 valence electrons. The minimum absolute atomic E-state index is 0.779. The lowest BCUT2D eigenvalue weighted by molar-refractivity contribution is 1.16. The molecule has 0 aliphatic carbocycles. The van der Waals surface area contributed by atoms with Gasteiger partial charge in [-0.1, -0.05) is 29.8 Å². The summed E-state index contributed by atoms with van der Waals surface area (Å²) in [6.45, 7) is 0. The Bertz CT molecular complexity index is 482. The summed E-state index contributed by atoms with van der Waals surface area (Å²) in [6.07, 6.45) is 0.986. The van der Waals surface area contributed by atoms with E-state index in [9.17, 15) is 0 Å². The fourth-order valence-corrected chi connectivity index (χ4v) is 2.58. The zero-order chi connectivity index (χ0) is 12.1. The van der Waals surface area contributed by atoms with Crippen molar-refractivity contribution in [1.82, 2.24) is 0 Å². The lowest BCUT2D eigenvalue weighted by Gasteiger charge is -2.05. The Labute approximate surface area is 111 Å². The van der Waals surface area contributed by atoms with Gasteiger partial charge in [-0.15, -0.1) is 11.8 Å². The van der Waals surface area contributed by atoms with Gasteiger partial charge >= 0.3 is 0 Å². The van der Waals surface area contributed by atoms with Gasteiger partial charge < -0.3 is 5.73 Å². The Morgan fingerprint density at radius 1 is 1.00 bits per heavy atom. The van der Waals surface area contributed by atoms with Crippen LogP contribution in [0.1, 0.15) is 5.56 Å². The molecule has 0 saturated carbocycles. The van der Waals surface area contributed by atoms with Crippen molar-refractivity contribution in [2.75, 3.05) is 11.5 Å². The minimum atomic E-state index is 0.779. The lowest BCUT2D eigenvalue weighted by atomic mass is 10.1. The van der Waals surface area contributed by atoms with Crippen LogP contribution in [0.3, 0.4) is 0 Å². The summed E-state index contributed by atoms with van der Waals surface area (Å²) in [4.78, 5) is 1.24. The number of aryl methyl sites for hydroxylation is 1. The molecule has 0 atom stereocenters. The third-order valence-corrected chi connectivity index (χ3v) is 3.77. The topological polar surface area (TPSA) is 26.0 Å². The highest BCUT2D eigenvalue weighted by Crippen LogP contribution is 2.22. The van der Waals surface area contributed by atoms with E-state index < -0.39 is 0 Å². The van der Waals surface area contributed by atoms with Crippen molar-refractivity contribution in [2.45, 2.75) is 11.3 Å². The van der Waals surface area contributed by atoms with Gasteiger partial charge in [-0.05, 0) is 42.3 Å². The van der Waals surface area contributed by atoms with Crippen LogP contribution in [-0.2, 0) is 6.42 Å². The lowest BCUT2D eigenvalue weighted by Crippen LogP contribution is -1.95. The number of hydrogen-bond acceptors (Lipinski definition) is 2. The largest absolute Gasteiger partial charge is 0.399 e. The summed E-state index contributed by atoms with van der Waals surface area (Å²) in [6, 6.07) is 15.9. The zero-order valence-electron chi connectivity index (χ0n) is 9.40. The van der Waals surface area contributed by atoms with Crippen molar-refractivity contribution in [3.05, 3.63) is 59.1 Å². The molecular formula is C14H14ClNS. The highest BCUT2D eigenvalue weighted by molar-refractivity contribution is 7.99. The van der Waals surface area contributed by atoms with Gasteiger partial charge in [-0.3, -0.25) is 0 Å². The molecule has 0 amide bonds. The van der Waals surface area contributed by atoms with Gasteiger partial charge in [0.25, 0.3) is 0 Å². The molecule has 0 heterocycles. The van der Waals surface area contributed by atoms with Crippen molar-refractivity contribution in [2.24, 2.45) is 0 Å². The normalized spacial score (nSPS) is 10.4. The Kier molecular flexibility index (Phi) is 4.35. The van der Waals surface area contributed by atoms with Gasteiger partial charge in [0.15, 0.2) is 0 Å². The molecule has 0 spiro atoms. The van der Waals surface area contributed by atoms with E-state index in [2.05, 4.69) is 6.07 Å². The van der Waals surface area contributed by atoms with E-state index in [1.165, 1.54) is 10.5 Å². The molecule has 0 aliphatic heterocycles. The maximum atomic E-state index is 5.89. The number of thioether (sulfide) groups is 1. The molecule has 0 aromatic heterocycles. The van der Waals surface area contributed by atoms with Crippen LogP contribution in [0.4, 0.5) is 5.69 Å². The van der Waals surface area contributed by atoms with Crippen LogP contribution < -0.4 is 5.73 Å². The van der Waals surface area contributed by atoms with E-state index in [0.717, 1.165) is 22.9 Å². The second-order valence-electron chi connectivity index (χ2n) is 3.75. The highest BCUT2D eigenvalue weighted by Gasteiger charge is 1.99. The predicted octanol–water partition coefficient (Wildman–Crippen LogP) is 4.26. The van der Waals surface area contributed by atoms with Crippen molar-refractivity contribution in [3.8, 4) is 0 Å². The van der Waals surface area contributed by atoms with Gasteiger partial charge in [0, 0.05) is 21.4 Å². The summed E-state index contributed by atoms with van der Waals surface area (Å²) < 4.78 is 0. The van der Waals surface area contributed by atoms with Crippen molar-refractivity contribution >= 4 is 29.1 Å². The SMILES string of the molecule is Nc1ccccc1CCSc1ccc(Cl)cc1. The Morgan fingerprint density at radius 2 is 1.71 bits per heavy atom. The Hall–Kier alpha value is -1.12. The number of benzene rings is 2. The second-order valence-corrected chi connectivity index (χ2v) is 5.36. The molecule has 0 saturated heterocycles. The number of hydrogen-bond donors (Lipinski definition) is 1. The predicted molar refractivity (Wildman–Crippen MR) is 76.7 cm³/mol. The van der Waals surface area contributed by atoms with Crippen LogP contribution in [-0.4, -0.2) is 5.75 Å². The molecule has 2 aromatic carbocycles. The standard InChI is InChI=1S/C14H14ClNS/c15-12-5-7-13(8-6-12)17-10-9-11-3-1-2-4-14(11)16/h1-8H,9-10,16H2. The summed E-state index contributed by atoms with van der Waals surface area (Å²) in [5.41, 5.74) is 7.99. The first-order valence-corrected chi connectivity index (χ1v) is 6.84. The van der Waals surface area contributed by atoms with E-state index in [1.807, 2.05) is 54.2 Å². The fourth-order valence-electron chi connectivity index (χ4n) is 1.57. The van der Waals surface area contributed by atoms with Crippen molar-refractivity contribution in [1.29, 1.82) is 0 Å². The van der Waals surface area contributed by atoms with E-state index in [0.29, 0.717) is 0 Å². The molecule has 2 rings (SSSR count). The number of anilines is 1. The van der Waals surface area contributed by atoms with E-state index >= 15 is 0 Å². The molecule has 0 aliphatic rings. The number of nitrogens with two attached hydrogens (primary N) is 1. The third kappa shape index (κ3) is 3.69. The first-order valence-electron chi connectivity index (χ1n) is 5.47. The first kappa shape index (κ1) is 12.3. The van der Waals surface area contributed by atoms with Gasteiger partial charge in [0.05, 0.1) is 0 Å². The van der Waals surface area contributed by atoms with E-state index in [4.69, 9.17) is 17.3 Å². The summed E-state index contributed by atoms with van der Waals surface area (Å²) in [5.74, 6) is 1.02. The van der Waals surface area contributed by atoms with E-state index in [1.54, 1.807) is 0 Å². The fraction of sp³-hybridized carbons (Fsp3) is 0.143. The smallest absolute Gasteiger partial charge is 0.0406 e. The number of para-hydroxylation sites is 1. The van der Waals surface area contributed by atoms with Crippen LogP contribution in [0.2, 0.25) is 5.02 Å². The van der Waals surface area contributed by atoms with E-state index in [-0.39, 0.29) is 0 Å². The summed E-state index contributed by atoms with van der Waals surface area (Å²) >= 11 is 7.66. The molecule has 17 heavy (non-hydrogen) atoms. The second kappa shape index (κ2) is 5.99. The van der Waals surface area contributed by atoms with Crippen LogP contribution in [0.5, 0.6) is 0 Å².